The quantitative estimate of drug-likeness (QED) is 0.653. The van der Waals surface area contributed by atoms with Gasteiger partial charge in [0, 0.05) is 5.30 Å². The van der Waals surface area contributed by atoms with Crippen LogP contribution in [0.2, 0.25) is 0 Å². The Morgan fingerprint density at radius 3 is 2.04 bits per heavy atom. The Kier molecular flexibility index (Phi) is 4.94. The van der Waals surface area contributed by atoms with Gasteiger partial charge in [0.2, 0.25) is 0 Å². The molecule has 0 saturated heterocycles. The number of rotatable bonds is 3. The van der Waals surface area contributed by atoms with Crippen molar-refractivity contribution in [3.8, 4) is 11.1 Å². The Hall–Kier alpha value is -2.21. The van der Waals surface area contributed by atoms with Gasteiger partial charge in [-0.25, -0.2) is 0 Å². The van der Waals surface area contributed by atoms with Gasteiger partial charge in [-0.15, -0.1) is 5.48 Å². The van der Waals surface area contributed by atoms with E-state index in [2.05, 4.69) is 37.3 Å². The standard InChI is InChI=1S/C22H21OP/c1-15-13-16(2)21(17(3)14-15)22(23)24-20-12-8-7-11-19(20)18-9-5-4-6-10-18/h4-14,23H,1-3H3/p-1. The highest BCUT2D eigenvalue weighted by Gasteiger charge is 2.06. The topological polar surface area (TPSA) is 23.1 Å². The van der Waals surface area contributed by atoms with Gasteiger partial charge in [-0.05, 0) is 54.7 Å². The molecule has 0 bridgehead atoms. The minimum atomic E-state index is 0.161. The van der Waals surface area contributed by atoms with Crippen molar-refractivity contribution < 1.29 is 5.11 Å². The molecule has 0 amide bonds. The first kappa shape index (κ1) is 16.6. The lowest BCUT2D eigenvalue weighted by Gasteiger charge is -2.19. The van der Waals surface area contributed by atoms with Gasteiger partial charge in [-0.3, -0.25) is 0 Å². The molecular weight excluding hydrogens is 311 g/mol. The Bertz CT molecular complexity index is 872. The second-order valence-electron chi connectivity index (χ2n) is 6.07. The van der Waals surface area contributed by atoms with E-state index in [1.165, 1.54) is 5.56 Å². The third-order valence-corrected chi connectivity index (χ3v) is 5.16. The molecule has 0 aliphatic rings. The number of hydrogen-bond acceptors (Lipinski definition) is 1. The molecular formula is C22H20OP-. The van der Waals surface area contributed by atoms with E-state index < -0.39 is 0 Å². The number of hydrogen-bond donors (Lipinski definition) is 0. The van der Waals surface area contributed by atoms with Crippen LogP contribution in [0, 0.1) is 20.8 Å². The predicted molar refractivity (Wildman–Crippen MR) is 103 cm³/mol. The minimum Gasteiger partial charge on any atom is -0.823 e. The largest absolute Gasteiger partial charge is 0.823 e. The molecule has 0 spiro atoms. The van der Waals surface area contributed by atoms with Crippen LogP contribution in [0.4, 0.5) is 0 Å². The molecule has 0 radical (unpaired) electrons. The van der Waals surface area contributed by atoms with Crippen LogP contribution < -0.4 is 10.4 Å². The molecule has 0 N–H and O–H groups in total. The van der Waals surface area contributed by atoms with Crippen molar-refractivity contribution in [3.63, 3.8) is 0 Å². The molecule has 0 aliphatic heterocycles. The molecule has 120 valence electrons. The van der Waals surface area contributed by atoms with Crippen LogP contribution in [0.15, 0.2) is 66.7 Å². The van der Waals surface area contributed by atoms with Crippen LogP contribution in [0.3, 0.4) is 0 Å². The lowest BCUT2D eigenvalue weighted by atomic mass is 10.0. The van der Waals surface area contributed by atoms with E-state index in [9.17, 15) is 5.11 Å². The van der Waals surface area contributed by atoms with E-state index in [1.807, 2.05) is 50.2 Å². The summed E-state index contributed by atoms with van der Waals surface area (Å²) in [6.45, 7) is 6.11. The SMILES string of the molecule is Cc1cc(C)c(C([O-])=Pc2ccccc2-c2ccccc2)c(C)c1. The van der Waals surface area contributed by atoms with Gasteiger partial charge in [0.15, 0.2) is 0 Å². The summed E-state index contributed by atoms with van der Waals surface area (Å²) < 4.78 is 0. The molecule has 2 heteroatoms. The first-order valence-corrected chi connectivity index (χ1v) is 8.94. The lowest BCUT2D eigenvalue weighted by Crippen LogP contribution is -2.20. The van der Waals surface area contributed by atoms with E-state index in [0.29, 0.717) is 0 Å². The fraction of sp³-hybridized carbons (Fsp3) is 0.136. The van der Waals surface area contributed by atoms with Crippen LogP contribution in [-0.2, 0) is 0 Å². The van der Waals surface area contributed by atoms with E-state index in [1.54, 1.807) is 0 Å². The Labute approximate surface area is 145 Å². The van der Waals surface area contributed by atoms with Crippen molar-refractivity contribution in [2.24, 2.45) is 0 Å². The van der Waals surface area contributed by atoms with Gasteiger partial charge >= 0.3 is 0 Å². The molecule has 3 aromatic rings. The van der Waals surface area contributed by atoms with E-state index in [-0.39, 0.29) is 5.48 Å². The molecule has 0 fully saturated rings. The van der Waals surface area contributed by atoms with Crippen molar-refractivity contribution in [1.82, 2.24) is 0 Å². The van der Waals surface area contributed by atoms with Crippen LogP contribution in [0.1, 0.15) is 22.3 Å². The summed E-state index contributed by atoms with van der Waals surface area (Å²) >= 11 is 0. The van der Waals surface area contributed by atoms with Gasteiger partial charge < -0.3 is 5.11 Å². The fourth-order valence-corrected chi connectivity index (χ4v) is 4.28. The van der Waals surface area contributed by atoms with E-state index >= 15 is 0 Å². The highest BCUT2D eigenvalue weighted by Crippen LogP contribution is 2.23. The highest BCUT2D eigenvalue weighted by molar-refractivity contribution is 7.49. The van der Waals surface area contributed by atoms with Gasteiger partial charge in [-0.2, -0.15) is 0 Å². The first-order valence-electron chi connectivity index (χ1n) is 8.04. The molecule has 24 heavy (non-hydrogen) atoms. The summed E-state index contributed by atoms with van der Waals surface area (Å²) in [5, 5.41) is 14.0. The monoisotopic (exact) mass is 331 g/mol. The second-order valence-corrected chi connectivity index (χ2v) is 7.19. The Balaban J connectivity index is 2.10. The van der Waals surface area contributed by atoms with Gasteiger partial charge in [0.05, 0.1) is 0 Å². The highest BCUT2D eigenvalue weighted by atomic mass is 31.1. The molecule has 0 unspecified atom stereocenters. The normalized spacial score (nSPS) is 11.6. The zero-order valence-corrected chi connectivity index (χ0v) is 15.1. The lowest BCUT2D eigenvalue weighted by molar-refractivity contribution is -0.207. The van der Waals surface area contributed by atoms with Crippen molar-refractivity contribution in [2.45, 2.75) is 20.8 Å². The summed E-state index contributed by atoms with van der Waals surface area (Å²) in [6.07, 6.45) is 0. The molecule has 0 atom stereocenters. The molecule has 0 saturated carbocycles. The predicted octanol–water partition coefficient (Wildman–Crippen LogP) is 4.39. The van der Waals surface area contributed by atoms with E-state index in [4.69, 9.17) is 0 Å². The third-order valence-electron chi connectivity index (χ3n) is 4.10. The van der Waals surface area contributed by atoms with Crippen molar-refractivity contribution in [3.05, 3.63) is 89.0 Å². The Morgan fingerprint density at radius 1 is 0.792 bits per heavy atom. The summed E-state index contributed by atoms with van der Waals surface area (Å²) in [5.74, 6) is 0. The fourth-order valence-electron chi connectivity index (χ4n) is 3.12. The van der Waals surface area contributed by atoms with Gasteiger partial charge in [0.1, 0.15) is 0 Å². The second kappa shape index (κ2) is 7.13. The van der Waals surface area contributed by atoms with Crippen LogP contribution >= 0.6 is 8.20 Å². The third kappa shape index (κ3) is 3.48. The molecule has 3 aromatic carbocycles. The number of aryl methyl sites for hydroxylation is 3. The zero-order valence-electron chi connectivity index (χ0n) is 14.2. The van der Waals surface area contributed by atoms with E-state index in [0.717, 1.165) is 41.3 Å². The van der Waals surface area contributed by atoms with Crippen molar-refractivity contribution in [2.75, 3.05) is 0 Å². The maximum Gasteiger partial charge on any atom is 0.00866 e. The summed E-state index contributed by atoms with van der Waals surface area (Å²) in [5.41, 5.74) is 6.59. The molecule has 1 nitrogen and oxygen atoms in total. The van der Waals surface area contributed by atoms with Gasteiger partial charge in [0.25, 0.3) is 0 Å². The van der Waals surface area contributed by atoms with Crippen LogP contribution in [0.25, 0.3) is 11.1 Å². The van der Waals surface area contributed by atoms with Crippen LogP contribution in [0.5, 0.6) is 0 Å². The van der Waals surface area contributed by atoms with Gasteiger partial charge in [-0.1, -0.05) is 74.4 Å². The molecule has 0 heterocycles. The van der Waals surface area contributed by atoms with Crippen molar-refractivity contribution >= 4 is 19.0 Å². The summed E-state index contributed by atoms with van der Waals surface area (Å²) in [4.78, 5) is 0. The maximum absolute atomic E-state index is 12.9. The summed E-state index contributed by atoms with van der Waals surface area (Å²) in [7, 11) is 0.722. The molecule has 0 aliphatic carbocycles. The smallest absolute Gasteiger partial charge is 0.00866 e. The molecule has 3 rings (SSSR count). The average molecular weight is 331 g/mol. The number of benzene rings is 3. The zero-order chi connectivity index (χ0) is 17.1. The van der Waals surface area contributed by atoms with Crippen molar-refractivity contribution in [1.29, 1.82) is 0 Å². The first-order chi connectivity index (χ1) is 11.6. The minimum absolute atomic E-state index is 0.161. The average Bonchev–Trinajstić information content (AvgIpc) is 2.55. The summed E-state index contributed by atoms with van der Waals surface area (Å²) in [6, 6.07) is 22.5. The maximum atomic E-state index is 12.9. The molecule has 0 aromatic heterocycles. The van der Waals surface area contributed by atoms with Crippen LogP contribution in [-0.4, -0.2) is 5.48 Å². The Morgan fingerprint density at radius 2 is 1.38 bits per heavy atom.